The summed E-state index contributed by atoms with van der Waals surface area (Å²) in [7, 11) is 0. The molecule has 0 aromatic rings. The summed E-state index contributed by atoms with van der Waals surface area (Å²) in [4.78, 5) is 38.1. The average Bonchev–Trinajstić information content (AvgIpc) is 3.28. The summed E-state index contributed by atoms with van der Waals surface area (Å²) in [5, 5.41) is 0. The first-order chi connectivity index (χ1) is 31.6. The SMILES string of the molecule is CCC(C)CCCCCCCCCCCCCCCCC(=O)OC[C@@H](COC(=O)CCCCCCCCCCCCCCCC(C)C)OC(=O)CCCCCCCCCCCCC(C)C. The van der Waals surface area contributed by atoms with Crippen LogP contribution in [0.4, 0.5) is 0 Å². The monoisotopic (exact) mass is 919 g/mol. The minimum absolute atomic E-state index is 0.0636. The lowest BCUT2D eigenvalue weighted by molar-refractivity contribution is -0.167. The maximum absolute atomic E-state index is 12.8. The van der Waals surface area contributed by atoms with E-state index in [0.717, 1.165) is 75.5 Å². The Morgan fingerprint density at radius 1 is 0.308 bits per heavy atom. The van der Waals surface area contributed by atoms with Crippen molar-refractivity contribution in [1.29, 1.82) is 0 Å². The summed E-state index contributed by atoms with van der Waals surface area (Å²) >= 11 is 0. The van der Waals surface area contributed by atoms with E-state index in [1.165, 1.54) is 205 Å². The second-order valence-corrected chi connectivity index (χ2v) is 21.5. The largest absolute Gasteiger partial charge is 0.462 e. The summed E-state index contributed by atoms with van der Waals surface area (Å²) in [6, 6.07) is 0. The average molecular weight is 920 g/mol. The maximum atomic E-state index is 12.8. The van der Waals surface area contributed by atoms with Crippen LogP contribution in [0.25, 0.3) is 0 Å². The van der Waals surface area contributed by atoms with E-state index in [-0.39, 0.29) is 31.1 Å². The molecule has 0 heterocycles. The van der Waals surface area contributed by atoms with Crippen LogP contribution in [0.2, 0.25) is 0 Å². The number of rotatable bonds is 52. The van der Waals surface area contributed by atoms with E-state index < -0.39 is 6.10 Å². The molecule has 2 atom stereocenters. The molecule has 0 spiro atoms. The van der Waals surface area contributed by atoms with Gasteiger partial charge in [0.25, 0.3) is 0 Å². The first-order valence-electron chi connectivity index (χ1n) is 29.1. The van der Waals surface area contributed by atoms with E-state index in [9.17, 15) is 14.4 Å². The third-order valence-corrected chi connectivity index (χ3v) is 13.8. The van der Waals surface area contributed by atoms with Gasteiger partial charge in [-0.1, -0.05) is 286 Å². The molecule has 0 aliphatic rings. The maximum Gasteiger partial charge on any atom is 0.306 e. The molecule has 0 rings (SSSR count). The highest BCUT2D eigenvalue weighted by Crippen LogP contribution is 2.19. The number of unbranched alkanes of at least 4 members (excludes halogenated alkanes) is 34. The van der Waals surface area contributed by atoms with Crippen molar-refractivity contribution in [2.24, 2.45) is 17.8 Å². The Balaban J connectivity index is 4.29. The van der Waals surface area contributed by atoms with Crippen LogP contribution in [0.1, 0.15) is 324 Å². The standard InChI is InChI=1S/C59H114O6/c1-7-55(6)47-41-35-29-23-16-12-8-9-13-17-24-30-36-42-48-57(60)63-51-56(65-59(62)50-44-38-32-26-20-19-22-28-34-40-46-54(4)5)52-64-58(61)49-43-37-31-25-18-14-10-11-15-21-27-33-39-45-53(2)3/h53-56H,7-52H2,1-6H3/t55?,56-/m0/s1. The van der Waals surface area contributed by atoms with Crippen LogP contribution < -0.4 is 0 Å². The molecular formula is C59H114O6. The molecule has 0 aromatic carbocycles. The summed E-state index contributed by atoms with van der Waals surface area (Å²) in [5.74, 6) is 1.71. The van der Waals surface area contributed by atoms with Gasteiger partial charge in [0.2, 0.25) is 0 Å². The normalized spacial score (nSPS) is 12.6. The van der Waals surface area contributed by atoms with Crippen molar-refractivity contribution >= 4 is 17.9 Å². The molecule has 386 valence electrons. The van der Waals surface area contributed by atoms with Gasteiger partial charge in [0.1, 0.15) is 13.2 Å². The predicted molar refractivity (Wildman–Crippen MR) is 279 cm³/mol. The predicted octanol–water partition coefficient (Wildman–Crippen LogP) is 19.1. The fourth-order valence-electron chi connectivity index (χ4n) is 8.97. The smallest absolute Gasteiger partial charge is 0.306 e. The van der Waals surface area contributed by atoms with E-state index in [4.69, 9.17) is 14.2 Å². The van der Waals surface area contributed by atoms with E-state index in [1.54, 1.807) is 0 Å². The van der Waals surface area contributed by atoms with Gasteiger partial charge < -0.3 is 14.2 Å². The van der Waals surface area contributed by atoms with Gasteiger partial charge in [-0.05, 0) is 37.0 Å². The van der Waals surface area contributed by atoms with Gasteiger partial charge in [-0.15, -0.1) is 0 Å². The van der Waals surface area contributed by atoms with Gasteiger partial charge >= 0.3 is 17.9 Å². The highest BCUT2D eigenvalue weighted by atomic mass is 16.6. The molecule has 0 bridgehead atoms. The second kappa shape index (κ2) is 50.3. The quantitative estimate of drug-likeness (QED) is 0.0344. The number of ether oxygens (including phenoxy) is 3. The minimum Gasteiger partial charge on any atom is -0.462 e. The van der Waals surface area contributed by atoms with E-state index in [2.05, 4.69) is 41.5 Å². The zero-order valence-electron chi connectivity index (χ0n) is 44.8. The molecule has 0 saturated carbocycles. The van der Waals surface area contributed by atoms with Crippen LogP contribution in [0.15, 0.2) is 0 Å². The van der Waals surface area contributed by atoms with Crippen LogP contribution in [-0.2, 0) is 28.6 Å². The number of carbonyl (C=O) groups excluding carboxylic acids is 3. The molecule has 0 aromatic heterocycles. The fourth-order valence-corrected chi connectivity index (χ4v) is 8.97. The summed E-state index contributed by atoms with van der Waals surface area (Å²) in [6.45, 7) is 13.8. The van der Waals surface area contributed by atoms with Crippen molar-refractivity contribution in [1.82, 2.24) is 0 Å². The first-order valence-corrected chi connectivity index (χ1v) is 29.1. The molecule has 6 nitrogen and oxygen atoms in total. The zero-order valence-corrected chi connectivity index (χ0v) is 44.8. The molecule has 0 fully saturated rings. The third kappa shape index (κ3) is 51.6. The van der Waals surface area contributed by atoms with E-state index in [0.29, 0.717) is 19.3 Å². The van der Waals surface area contributed by atoms with Crippen LogP contribution in [-0.4, -0.2) is 37.2 Å². The Labute approximate surface area is 406 Å². The molecule has 6 heteroatoms. The molecule has 0 amide bonds. The van der Waals surface area contributed by atoms with Gasteiger partial charge in [0.05, 0.1) is 0 Å². The van der Waals surface area contributed by atoms with Crippen LogP contribution in [0.3, 0.4) is 0 Å². The Hall–Kier alpha value is -1.59. The van der Waals surface area contributed by atoms with Gasteiger partial charge in [0, 0.05) is 19.3 Å². The highest BCUT2D eigenvalue weighted by Gasteiger charge is 2.19. The zero-order chi connectivity index (χ0) is 47.7. The Morgan fingerprint density at radius 2 is 0.538 bits per heavy atom. The lowest BCUT2D eigenvalue weighted by Crippen LogP contribution is -2.30. The molecule has 0 N–H and O–H groups in total. The van der Waals surface area contributed by atoms with Crippen molar-refractivity contribution in [3.63, 3.8) is 0 Å². The molecule has 65 heavy (non-hydrogen) atoms. The number of carbonyl (C=O) groups is 3. The molecule has 0 aliphatic carbocycles. The van der Waals surface area contributed by atoms with Crippen molar-refractivity contribution in [3.05, 3.63) is 0 Å². The van der Waals surface area contributed by atoms with Crippen molar-refractivity contribution < 1.29 is 28.6 Å². The topological polar surface area (TPSA) is 78.9 Å². The van der Waals surface area contributed by atoms with Crippen molar-refractivity contribution in [2.75, 3.05) is 13.2 Å². The molecule has 0 aliphatic heterocycles. The molecule has 0 radical (unpaired) electrons. The number of hydrogen-bond acceptors (Lipinski definition) is 6. The van der Waals surface area contributed by atoms with E-state index >= 15 is 0 Å². The second-order valence-electron chi connectivity index (χ2n) is 21.5. The summed E-state index contributed by atoms with van der Waals surface area (Å²) in [6.07, 6.45) is 52.3. The van der Waals surface area contributed by atoms with Gasteiger partial charge in [-0.25, -0.2) is 0 Å². The van der Waals surface area contributed by atoms with Crippen LogP contribution in [0, 0.1) is 17.8 Å². The van der Waals surface area contributed by atoms with Crippen molar-refractivity contribution in [3.8, 4) is 0 Å². The first kappa shape index (κ1) is 63.4. The van der Waals surface area contributed by atoms with Gasteiger partial charge in [-0.2, -0.15) is 0 Å². The lowest BCUT2D eigenvalue weighted by Gasteiger charge is -2.18. The highest BCUT2D eigenvalue weighted by molar-refractivity contribution is 5.71. The minimum atomic E-state index is -0.764. The van der Waals surface area contributed by atoms with E-state index in [1.807, 2.05) is 0 Å². The molecule has 0 saturated heterocycles. The Bertz CT molecular complexity index is 1010. The molecular weight excluding hydrogens is 805 g/mol. The molecule has 1 unspecified atom stereocenters. The summed E-state index contributed by atoms with van der Waals surface area (Å²) in [5.41, 5.74) is 0. The fraction of sp³-hybridized carbons (Fsp3) is 0.949. The summed E-state index contributed by atoms with van der Waals surface area (Å²) < 4.78 is 16.9. The van der Waals surface area contributed by atoms with Crippen molar-refractivity contribution in [2.45, 2.75) is 330 Å². The van der Waals surface area contributed by atoms with Gasteiger partial charge in [-0.3, -0.25) is 14.4 Å². The van der Waals surface area contributed by atoms with Gasteiger partial charge in [0.15, 0.2) is 6.10 Å². The van der Waals surface area contributed by atoms with Crippen LogP contribution in [0.5, 0.6) is 0 Å². The lowest BCUT2D eigenvalue weighted by atomic mass is 9.99. The number of hydrogen-bond donors (Lipinski definition) is 0. The Morgan fingerprint density at radius 3 is 0.800 bits per heavy atom. The Kier molecular flexibility index (Phi) is 49.1. The number of esters is 3. The third-order valence-electron chi connectivity index (χ3n) is 13.8. The van der Waals surface area contributed by atoms with Crippen LogP contribution >= 0.6 is 0 Å².